The molecule has 2 atom stereocenters. The van der Waals surface area contributed by atoms with Crippen LogP contribution < -0.4 is 17.0 Å². The lowest BCUT2D eigenvalue weighted by molar-refractivity contribution is -0.134. The Morgan fingerprint density at radius 2 is 1.97 bits per heavy atom. The predicted molar refractivity (Wildman–Crippen MR) is 136 cm³/mol. The number of aliphatic hydroxyl groups is 1. The molecule has 196 valence electrons. The highest BCUT2D eigenvalue weighted by Gasteiger charge is 2.34. The second-order valence-corrected chi connectivity index (χ2v) is 9.67. The van der Waals surface area contributed by atoms with Crippen molar-refractivity contribution >= 4 is 12.3 Å². The van der Waals surface area contributed by atoms with Crippen molar-refractivity contribution in [2.75, 3.05) is 33.4 Å². The van der Waals surface area contributed by atoms with Gasteiger partial charge in [0.2, 0.25) is 12.3 Å². The number of hydrogen-bond donors (Lipinski definition) is 4. The van der Waals surface area contributed by atoms with Crippen LogP contribution in [-0.4, -0.2) is 67.4 Å². The van der Waals surface area contributed by atoms with E-state index >= 15 is 0 Å². The summed E-state index contributed by atoms with van der Waals surface area (Å²) in [6.07, 6.45) is 8.93. The third-order valence-corrected chi connectivity index (χ3v) is 6.66. The molecule has 1 aromatic rings. The van der Waals surface area contributed by atoms with Crippen molar-refractivity contribution in [1.29, 1.82) is 0 Å². The van der Waals surface area contributed by atoms with E-state index in [1.807, 2.05) is 38.1 Å². The minimum Gasteiger partial charge on any atom is -0.391 e. The number of benzene rings is 1. The van der Waals surface area contributed by atoms with Crippen LogP contribution in [0.5, 0.6) is 0 Å². The standard InChI is InChI=1S/C14H17NO2.C12H21NO3.H4N2/c1-5-11-6-8-12(9-7-11)13(15-10-16)14(2,3)17-4;1-12(3-6-16-7-4-12)8-11(15)13-5-2-10(14)9-13;1-2/h1,6-10,13H,2-4H3,(H,15,16);10,14H,2-9H2,1H3;1-2H2. The monoisotopic (exact) mass is 490 g/mol. The molecule has 35 heavy (non-hydrogen) atoms. The Balaban J connectivity index is 0.000000327. The molecule has 0 spiro atoms. The van der Waals surface area contributed by atoms with Crippen LogP contribution >= 0.6 is 0 Å². The summed E-state index contributed by atoms with van der Waals surface area (Å²) in [4.78, 5) is 24.5. The van der Waals surface area contributed by atoms with Crippen molar-refractivity contribution in [3.05, 3.63) is 35.4 Å². The Labute approximate surface area is 209 Å². The molecule has 2 unspecified atom stereocenters. The van der Waals surface area contributed by atoms with Gasteiger partial charge in [0.25, 0.3) is 0 Å². The number of aliphatic hydroxyl groups excluding tert-OH is 1. The minimum absolute atomic E-state index is 0.100. The fourth-order valence-corrected chi connectivity index (χ4v) is 4.14. The van der Waals surface area contributed by atoms with E-state index in [2.05, 4.69) is 29.8 Å². The van der Waals surface area contributed by atoms with Crippen molar-refractivity contribution in [2.45, 2.75) is 64.2 Å². The zero-order valence-corrected chi connectivity index (χ0v) is 21.5. The number of amides is 2. The molecule has 2 saturated heterocycles. The first kappa shape index (κ1) is 30.6. The van der Waals surface area contributed by atoms with Crippen molar-refractivity contribution in [2.24, 2.45) is 17.1 Å². The highest BCUT2D eigenvalue weighted by Crippen LogP contribution is 2.34. The van der Waals surface area contributed by atoms with Crippen LogP contribution in [0, 0.1) is 17.8 Å². The number of nitrogens with two attached hydrogens (primary N) is 2. The average molecular weight is 491 g/mol. The van der Waals surface area contributed by atoms with Crippen LogP contribution in [-0.2, 0) is 19.1 Å². The van der Waals surface area contributed by atoms with Gasteiger partial charge in [0.05, 0.1) is 17.7 Å². The van der Waals surface area contributed by atoms with E-state index in [0.29, 0.717) is 25.9 Å². The van der Waals surface area contributed by atoms with Crippen molar-refractivity contribution < 1.29 is 24.2 Å². The van der Waals surface area contributed by atoms with Crippen molar-refractivity contribution in [3.63, 3.8) is 0 Å². The lowest BCUT2D eigenvalue weighted by Gasteiger charge is -2.34. The van der Waals surface area contributed by atoms with Gasteiger partial charge in [0.15, 0.2) is 0 Å². The maximum atomic E-state index is 12.0. The molecule has 2 aliphatic heterocycles. The first-order chi connectivity index (χ1) is 16.6. The molecule has 2 heterocycles. The van der Waals surface area contributed by atoms with E-state index in [1.165, 1.54) is 0 Å². The van der Waals surface area contributed by atoms with E-state index in [9.17, 15) is 14.7 Å². The molecule has 2 fully saturated rings. The Hall–Kier alpha value is -2.48. The lowest BCUT2D eigenvalue weighted by Crippen LogP contribution is -2.40. The highest BCUT2D eigenvalue weighted by molar-refractivity contribution is 5.77. The van der Waals surface area contributed by atoms with E-state index in [-0.39, 0.29) is 23.5 Å². The van der Waals surface area contributed by atoms with Gasteiger partial charge in [-0.3, -0.25) is 21.3 Å². The summed E-state index contributed by atoms with van der Waals surface area (Å²) in [5.74, 6) is 10.8. The summed E-state index contributed by atoms with van der Waals surface area (Å²) in [5, 5.41) is 12.2. The zero-order valence-electron chi connectivity index (χ0n) is 21.5. The molecule has 3 rings (SSSR count). The number of likely N-dealkylation sites (tertiary alicyclic amines) is 1. The van der Waals surface area contributed by atoms with Crippen LogP contribution in [0.2, 0.25) is 0 Å². The second-order valence-electron chi connectivity index (χ2n) is 9.67. The van der Waals surface area contributed by atoms with Crippen LogP contribution in [0.25, 0.3) is 0 Å². The Morgan fingerprint density at radius 1 is 1.37 bits per heavy atom. The largest absolute Gasteiger partial charge is 0.391 e. The summed E-state index contributed by atoms with van der Waals surface area (Å²) >= 11 is 0. The second kappa shape index (κ2) is 14.8. The summed E-state index contributed by atoms with van der Waals surface area (Å²) in [6.45, 7) is 8.78. The number of β-amino-alcohol motifs (C(OH)–C–C–N with tert-alkyl or cyclic N) is 1. The number of carbonyl (C=O) groups excluding carboxylic acids is 2. The predicted octanol–water partition coefficient (Wildman–Crippen LogP) is 1.49. The van der Waals surface area contributed by atoms with Crippen molar-refractivity contribution in [1.82, 2.24) is 10.2 Å². The summed E-state index contributed by atoms with van der Waals surface area (Å²) in [6, 6.07) is 7.28. The number of carbonyl (C=O) groups is 2. The van der Waals surface area contributed by atoms with E-state index < -0.39 is 5.60 Å². The number of methoxy groups -OCH3 is 1. The van der Waals surface area contributed by atoms with Crippen LogP contribution in [0.15, 0.2) is 24.3 Å². The Bertz CT molecular complexity index is 816. The smallest absolute Gasteiger partial charge is 0.223 e. The van der Waals surface area contributed by atoms with Gasteiger partial charge >= 0.3 is 0 Å². The SMILES string of the molecule is C#Cc1ccc(C(NC=O)C(C)(C)OC)cc1.CC1(CC(=O)N2CCC(O)C2)CCOCC1.NN. The van der Waals surface area contributed by atoms with E-state index in [0.717, 1.165) is 43.6 Å². The molecule has 0 saturated carbocycles. The van der Waals surface area contributed by atoms with Crippen LogP contribution in [0.4, 0.5) is 0 Å². The zero-order chi connectivity index (χ0) is 26.5. The first-order valence-corrected chi connectivity index (χ1v) is 11.8. The average Bonchev–Trinajstić information content (AvgIpc) is 3.31. The first-order valence-electron chi connectivity index (χ1n) is 11.8. The third-order valence-electron chi connectivity index (χ3n) is 6.66. The number of ether oxygens (including phenoxy) is 2. The van der Waals surface area contributed by atoms with E-state index in [1.54, 1.807) is 12.0 Å². The molecule has 0 radical (unpaired) electrons. The summed E-state index contributed by atoms with van der Waals surface area (Å²) in [5.41, 5.74) is 1.39. The molecule has 1 aromatic carbocycles. The molecule has 2 aliphatic rings. The fourth-order valence-electron chi connectivity index (χ4n) is 4.14. The maximum absolute atomic E-state index is 12.0. The minimum atomic E-state index is -0.488. The molecule has 9 heteroatoms. The Morgan fingerprint density at radius 3 is 2.43 bits per heavy atom. The van der Waals surface area contributed by atoms with Gasteiger partial charge in [-0.05, 0) is 56.2 Å². The molecule has 6 N–H and O–H groups in total. The van der Waals surface area contributed by atoms with Crippen LogP contribution in [0.1, 0.15) is 63.6 Å². The highest BCUT2D eigenvalue weighted by atomic mass is 16.5. The summed E-state index contributed by atoms with van der Waals surface area (Å²) < 4.78 is 10.7. The normalized spacial score (nSPS) is 19.7. The quantitative estimate of drug-likeness (QED) is 0.196. The molecular weight excluding hydrogens is 448 g/mol. The number of hydrazine groups is 1. The molecular formula is C26H42N4O5. The fraction of sp³-hybridized carbons (Fsp3) is 0.615. The maximum Gasteiger partial charge on any atom is 0.223 e. The number of nitrogens with zero attached hydrogens (tertiary/aromatic N) is 1. The summed E-state index contributed by atoms with van der Waals surface area (Å²) in [7, 11) is 1.62. The van der Waals surface area contributed by atoms with Gasteiger partial charge in [0, 0.05) is 45.4 Å². The Kier molecular flexibility index (Phi) is 12.9. The van der Waals surface area contributed by atoms with Gasteiger partial charge in [-0.25, -0.2) is 0 Å². The lowest BCUT2D eigenvalue weighted by atomic mass is 9.79. The number of rotatable bonds is 7. The van der Waals surface area contributed by atoms with Gasteiger partial charge in [-0.1, -0.05) is 25.0 Å². The number of hydrogen-bond acceptors (Lipinski definition) is 7. The van der Waals surface area contributed by atoms with Crippen LogP contribution in [0.3, 0.4) is 0 Å². The molecule has 0 bridgehead atoms. The molecule has 0 aromatic heterocycles. The topological polar surface area (TPSA) is 140 Å². The van der Waals surface area contributed by atoms with Gasteiger partial charge in [0.1, 0.15) is 0 Å². The number of nitrogens with one attached hydrogen (secondary N) is 1. The number of terminal acetylenes is 1. The third kappa shape index (κ3) is 9.59. The molecule has 0 aliphatic carbocycles. The molecule has 9 nitrogen and oxygen atoms in total. The molecule has 2 amide bonds. The van der Waals surface area contributed by atoms with Gasteiger partial charge in [-0.2, -0.15) is 0 Å². The van der Waals surface area contributed by atoms with E-state index in [4.69, 9.17) is 15.9 Å². The van der Waals surface area contributed by atoms with Gasteiger partial charge < -0.3 is 24.8 Å². The van der Waals surface area contributed by atoms with Crippen molar-refractivity contribution in [3.8, 4) is 12.3 Å². The van der Waals surface area contributed by atoms with Gasteiger partial charge in [-0.15, -0.1) is 6.42 Å².